The number of piperidine rings is 1. The molecule has 11 nitrogen and oxygen atoms in total. The molecule has 2 fully saturated rings. The Bertz CT molecular complexity index is 1540. The summed E-state index contributed by atoms with van der Waals surface area (Å²) in [5.74, 6) is 5.35. The Labute approximate surface area is 423 Å². The summed E-state index contributed by atoms with van der Waals surface area (Å²) in [7, 11) is 7.94. The molecule has 400 valence electrons. The Balaban J connectivity index is 0. The number of amidine groups is 2. The van der Waals surface area contributed by atoms with Gasteiger partial charge in [-0.2, -0.15) is 5.10 Å². The molecule has 3 aliphatic heterocycles. The minimum absolute atomic E-state index is 0.0877. The number of hydrazone groups is 1. The first-order valence-electron chi connectivity index (χ1n) is 27.2. The van der Waals surface area contributed by atoms with Gasteiger partial charge in [0, 0.05) is 70.0 Å². The van der Waals surface area contributed by atoms with Crippen LogP contribution in [0.3, 0.4) is 0 Å². The molecule has 0 radical (unpaired) electrons. The zero-order chi connectivity index (χ0) is 52.4. The van der Waals surface area contributed by atoms with Crippen molar-refractivity contribution in [2.75, 3.05) is 77.7 Å². The minimum atomic E-state index is -2.60. The highest BCUT2D eigenvalue weighted by Crippen LogP contribution is 2.34. The molecule has 1 aromatic rings. The molecule has 1 saturated carbocycles. The van der Waals surface area contributed by atoms with E-state index in [-0.39, 0.29) is 17.8 Å². The van der Waals surface area contributed by atoms with E-state index >= 15 is 0 Å². The topological polar surface area (TPSA) is 123 Å². The molecule has 0 bridgehead atoms. The van der Waals surface area contributed by atoms with Gasteiger partial charge in [-0.05, 0) is 103 Å². The van der Waals surface area contributed by atoms with Crippen LogP contribution in [0, 0.1) is 5.92 Å². The smallest absolute Gasteiger partial charge is 0.279 e. The van der Waals surface area contributed by atoms with Crippen molar-refractivity contribution >= 4 is 28.8 Å². The number of aryl methyl sites for hydroxylation is 1. The number of hydrogen-bond donors (Lipinski definition) is 3. The van der Waals surface area contributed by atoms with Crippen LogP contribution in [0.5, 0.6) is 0 Å². The van der Waals surface area contributed by atoms with E-state index in [9.17, 15) is 8.78 Å². The number of alkyl halides is 2. The van der Waals surface area contributed by atoms with Gasteiger partial charge in [-0.15, -0.1) is 13.2 Å². The fourth-order valence-corrected chi connectivity index (χ4v) is 8.79. The van der Waals surface area contributed by atoms with Crippen molar-refractivity contribution in [2.24, 2.45) is 32.6 Å². The van der Waals surface area contributed by atoms with Gasteiger partial charge >= 0.3 is 0 Å². The third-order valence-corrected chi connectivity index (χ3v) is 12.0. The van der Waals surface area contributed by atoms with Crippen molar-refractivity contribution in [3.05, 3.63) is 60.8 Å². The van der Waals surface area contributed by atoms with Gasteiger partial charge in [0.15, 0.2) is 5.84 Å². The van der Waals surface area contributed by atoms with E-state index < -0.39 is 12.3 Å². The first kappa shape index (κ1) is 67.3. The number of benzene rings is 1. The number of allylic oxidation sites excluding steroid dienone is 1. The molecule has 3 heterocycles. The van der Waals surface area contributed by atoms with Gasteiger partial charge in [0.2, 0.25) is 0 Å². The first-order valence-corrected chi connectivity index (χ1v) is 27.2. The second kappa shape index (κ2) is 44.2. The predicted octanol–water partition coefficient (Wildman–Crippen LogP) is 13.5. The summed E-state index contributed by atoms with van der Waals surface area (Å²) in [5.41, 5.74) is 10.5. The van der Waals surface area contributed by atoms with E-state index in [4.69, 9.17) is 10.7 Å². The number of rotatable bonds is 21. The number of anilines is 2. The van der Waals surface area contributed by atoms with Crippen molar-refractivity contribution in [3.63, 3.8) is 0 Å². The van der Waals surface area contributed by atoms with Gasteiger partial charge in [-0.25, -0.2) is 19.7 Å². The van der Waals surface area contributed by atoms with Crippen LogP contribution in [0.15, 0.2) is 70.4 Å². The van der Waals surface area contributed by atoms with Crippen LogP contribution in [0.2, 0.25) is 0 Å². The highest BCUT2D eigenvalue weighted by atomic mass is 19.3. The molecule has 5 rings (SSSR count). The van der Waals surface area contributed by atoms with Crippen LogP contribution in [0.1, 0.15) is 177 Å². The number of nitrogens with one attached hydrogen (secondary N) is 1. The van der Waals surface area contributed by atoms with Gasteiger partial charge in [-0.1, -0.05) is 125 Å². The van der Waals surface area contributed by atoms with Gasteiger partial charge < -0.3 is 30.6 Å². The van der Waals surface area contributed by atoms with Gasteiger partial charge in [0.1, 0.15) is 11.5 Å². The molecule has 2 unspecified atom stereocenters. The second-order valence-corrected chi connectivity index (χ2v) is 17.1. The van der Waals surface area contributed by atoms with Crippen molar-refractivity contribution in [1.82, 2.24) is 14.8 Å². The van der Waals surface area contributed by atoms with E-state index in [0.29, 0.717) is 24.5 Å². The summed E-state index contributed by atoms with van der Waals surface area (Å²) >= 11 is 0. The Morgan fingerprint density at radius 3 is 2.07 bits per heavy atom. The van der Waals surface area contributed by atoms with Crippen LogP contribution >= 0.6 is 0 Å². The Kier molecular flexibility index (Phi) is 43.0. The summed E-state index contributed by atoms with van der Waals surface area (Å²) < 4.78 is 27.7. The fraction of sp³-hybridized carbons (Fsp3) is 0.732. The largest absolute Gasteiger partial charge is 0.404 e. The van der Waals surface area contributed by atoms with Gasteiger partial charge in [-0.3, -0.25) is 10.0 Å². The predicted molar refractivity (Wildman–Crippen MR) is 302 cm³/mol. The van der Waals surface area contributed by atoms with Crippen molar-refractivity contribution in [1.29, 1.82) is 0 Å². The van der Waals surface area contributed by atoms with Crippen molar-refractivity contribution in [2.45, 2.75) is 196 Å². The van der Waals surface area contributed by atoms with Crippen molar-refractivity contribution in [3.8, 4) is 0 Å². The highest BCUT2D eigenvalue weighted by Gasteiger charge is 2.39. The van der Waals surface area contributed by atoms with Crippen LogP contribution < -0.4 is 21.8 Å². The zero-order valence-corrected chi connectivity index (χ0v) is 46.6. The average molecular weight is 974 g/mol. The molecule has 4 aliphatic rings. The summed E-state index contributed by atoms with van der Waals surface area (Å²) in [6.07, 6.45) is 23.7. The second-order valence-electron chi connectivity index (χ2n) is 17.1. The molecule has 2 atom stereocenters. The molecule has 1 aliphatic carbocycles. The van der Waals surface area contributed by atoms with Crippen LogP contribution in [0.25, 0.3) is 0 Å². The molecule has 0 spiro atoms. The number of nitrogens with two attached hydrogens (primary N) is 2. The molecule has 0 amide bonds. The van der Waals surface area contributed by atoms with Crippen molar-refractivity contribution < 1.29 is 13.6 Å². The molecule has 13 heteroatoms. The third kappa shape index (κ3) is 26.3. The van der Waals surface area contributed by atoms with Crippen LogP contribution in [-0.2, 0) is 11.3 Å². The average Bonchev–Trinajstić information content (AvgIpc) is 3.84. The maximum Gasteiger partial charge on any atom is 0.279 e. The summed E-state index contributed by atoms with van der Waals surface area (Å²) in [6, 6.07) is 7.25. The lowest BCUT2D eigenvalue weighted by Crippen LogP contribution is -2.39. The summed E-state index contributed by atoms with van der Waals surface area (Å²) in [6.45, 7) is 31.5. The molecule has 1 aromatic carbocycles. The fourth-order valence-electron chi connectivity index (χ4n) is 8.79. The van der Waals surface area contributed by atoms with E-state index in [0.717, 1.165) is 83.3 Å². The first-order chi connectivity index (χ1) is 33.6. The van der Waals surface area contributed by atoms with Gasteiger partial charge in [0.25, 0.3) is 6.43 Å². The zero-order valence-electron chi connectivity index (χ0n) is 46.6. The van der Waals surface area contributed by atoms with E-state index in [1.807, 2.05) is 72.6 Å². The van der Waals surface area contributed by atoms with Crippen LogP contribution in [0.4, 0.5) is 20.2 Å². The minimum Gasteiger partial charge on any atom is -0.404 e. The number of halogens is 2. The van der Waals surface area contributed by atoms with Gasteiger partial charge in [0.05, 0.1) is 24.4 Å². The van der Waals surface area contributed by atoms with E-state index in [2.05, 4.69) is 100 Å². The molecular weight excluding hydrogens is 867 g/mol. The number of likely N-dealkylation sites (tertiary alicyclic amines) is 1. The molecule has 69 heavy (non-hydrogen) atoms. The number of unbranched alkanes of at least 4 members (excludes halogenated alkanes) is 4. The highest BCUT2D eigenvalue weighted by molar-refractivity contribution is 6.11. The molecule has 5 N–H and O–H groups in total. The maximum atomic E-state index is 13.9. The maximum absolute atomic E-state index is 13.9. The third-order valence-electron chi connectivity index (χ3n) is 12.0. The number of para-hydroxylation sites is 1. The molecular formula is C56H106F2N10O. The Hall–Kier alpha value is -3.81. The number of hydrogen-bond acceptors (Lipinski definition) is 11. The van der Waals surface area contributed by atoms with E-state index in [1.54, 1.807) is 0 Å². The summed E-state index contributed by atoms with van der Waals surface area (Å²) in [4.78, 5) is 20.1. The molecule has 1 saturated heterocycles. The summed E-state index contributed by atoms with van der Waals surface area (Å²) in [5, 5.41) is 9.97. The van der Waals surface area contributed by atoms with Crippen LogP contribution in [-0.4, -0.2) is 118 Å². The molecule has 0 aromatic heterocycles. The lowest BCUT2D eigenvalue weighted by atomic mass is 9.92. The Morgan fingerprint density at radius 2 is 1.51 bits per heavy atom. The standard InChI is InChI=1S/C26H45N3.C21H32F2N6.4C2H6.CH5NO/c1-7-10-19-24(9-3)27-25-20-16-18-23(26(25)29(6)21-8-2)17-14-12-11-13-15-22-28(4)5;22-20(23)19-17(14-29(27-19)15-7-3-1-4-8-15)16(13-24)21-25-10-9-18(26-21)28-11-5-2-6-12-28;4*1-2;1-3-2/h7,9,16,18,20,24,27H,1,3,8,10-15,17,19,21-22H2,2,4-6H3;13,15,17,20H,1-12,14,24H2;4*1-2H3;2H2,1H3/b;16-13-;;;;;. The quantitative estimate of drug-likeness (QED) is 0.0632. The SMILES string of the molecule is C=CCCC(C=C)Nc1cccc(CCCCCCCN(C)C)c1N(C)CCC.CC.CC.CC.CC.CON.N/C=C(\C1=NCCC(N2CCCCC2)=N1)C1CN(C2CCCCC2)N=C1C(F)F. The monoisotopic (exact) mass is 973 g/mol. The number of nitrogens with zero attached hydrogens (tertiary/aromatic N) is 7. The normalized spacial score (nSPS) is 17.1. The number of aliphatic imine (C=N–C) groups is 2. The van der Waals surface area contributed by atoms with E-state index in [1.165, 1.54) is 94.6 Å². The lowest BCUT2D eigenvalue weighted by Gasteiger charge is -2.32. The lowest BCUT2D eigenvalue weighted by molar-refractivity contribution is 0.171. The Morgan fingerprint density at radius 1 is 0.899 bits per heavy atom.